The molecule has 0 aliphatic carbocycles. The topological polar surface area (TPSA) is 110 Å². The van der Waals surface area contributed by atoms with Crippen LogP contribution in [0.3, 0.4) is 0 Å². The number of hydrogen-bond donors (Lipinski definition) is 2. The van der Waals surface area contributed by atoms with Crippen molar-refractivity contribution in [1.29, 1.82) is 0 Å². The number of nitrogens with zero attached hydrogens (tertiary/aromatic N) is 1. The molecular formula is C19H16ClN3O5. The Balaban J connectivity index is 1.95. The summed E-state index contributed by atoms with van der Waals surface area (Å²) in [4.78, 5) is 51.1. The van der Waals surface area contributed by atoms with Gasteiger partial charge in [-0.15, -0.1) is 0 Å². The van der Waals surface area contributed by atoms with Gasteiger partial charge in [-0.1, -0.05) is 11.6 Å². The van der Waals surface area contributed by atoms with Crippen LogP contribution in [0, 0.1) is 0 Å². The lowest BCUT2D eigenvalue weighted by Gasteiger charge is -2.09. The van der Waals surface area contributed by atoms with Gasteiger partial charge in [0.1, 0.15) is 0 Å². The SMILES string of the molecule is CCn1c(=O)[nH]c2cc(C(=O)Nc3ccc(Cl)c(C(=O)OC)c3)ccc2c1=O. The van der Waals surface area contributed by atoms with Gasteiger partial charge in [-0.05, 0) is 43.3 Å². The number of anilines is 1. The Labute approximate surface area is 163 Å². The third-order valence-corrected chi connectivity index (χ3v) is 4.52. The molecule has 3 aromatic rings. The monoisotopic (exact) mass is 401 g/mol. The highest BCUT2D eigenvalue weighted by atomic mass is 35.5. The maximum Gasteiger partial charge on any atom is 0.339 e. The second-order valence-corrected chi connectivity index (χ2v) is 6.29. The molecule has 0 unspecified atom stereocenters. The van der Waals surface area contributed by atoms with Crippen molar-refractivity contribution in [3.8, 4) is 0 Å². The lowest BCUT2D eigenvalue weighted by molar-refractivity contribution is 0.0600. The summed E-state index contributed by atoms with van der Waals surface area (Å²) < 4.78 is 5.72. The summed E-state index contributed by atoms with van der Waals surface area (Å²) in [5.41, 5.74) is -0.0219. The fraction of sp³-hybridized carbons (Fsp3) is 0.158. The first-order valence-electron chi connectivity index (χ1n) is 8.31. The Kier molecular flexibility index (Phi) is 5.32. The van der Waals surface area contributed by atoms with Crippen molar-refractivity contribution >= 4 is 40.1 Å². The number of amides is 1. The van der Waals surface area contributed by atoms with Crippen LogP contribution in [-0.4, -0.2) is 28.5 Å². The van der Waals surface area contributed by atoms with Crippen LogP contribution in [0.2, 0.25) is 5.02 Å². The standard InChI is InChI=1S/C19H16ClN3O5/c1-3-23-17(25)12-6-4-10(8-15(12)22-19(23)27)16(24)21-11-5-7-14(20)13(9-11)18(26)28-2/h4-9H,3H2,1-2H3,(H,21,24)(H,22,27). The fourth-order valence-electron chi connectivity index (χ4n) is 2.76. The highest BCUT2D eigenvalue weighted by Crippen LogP contribution is 2.22. The average Bonchev–Trinajstić information content (AvgIpc) is 2.68. The smallest absolute Gasteiger partial charge is 0.339 e. The van der Waals surface area contributed by atoms with Crippen LogP contribution in [0.25, 0.3) is 10.9 Å². The Bertz CT molecular complexity index is 1210. The second kappa shape index (κ2) is 7.69. The van der Waals surface area contributed by atoms with Crippen LogP contribution in [0.1, 0.15) is 27.6 Å². The van der Waals surface area contributed by atoms with Gasteiger partial charge >= 0.3 is 11.7 Å². The van der Waals surface area contributed by atoms with E-state index in [1.54, 1.807) is 6.92 Å². The molecule has 0 fully saturated rings. The molecule has 0 saturated heterocycles. The molecule has 0 bridgehead atoms. The molecule has 3 rings (SSSR count). The van der Waals surface area contributed by atoms with E-state index in [-0.39, 0.29) is 28.2 Å². The average molecular weight is 402 g/mol. The third-order valence-electron chi connectivity index (χ3n) is 4.19. The van der Waals surface area contributed by atoms with Crippen LogP contribution in [0.4, 0.5) is 5.69 Å². The van der Waals surface area contributed by atoms with Crippen LogP contribution in [0.15, 0.2) is 46.0 Å². The minimum atomic E-state index is -0.628. The van der Waals surface area contributed by atoms with E-state index < -0.39 is 23.1 Å². The molecule has 144 valence electrons. The van der Waals surface area contributed by atoms with E-state index in [2.05, 4.69) is 15.0 Å². The van der Waals surface area contributed by atoms with Gasteiger partial charge in [0.15, 0.2) is 0 Å². The molecule has 2 N–H and O–H groups in total. The molecule has 1 heterocycles. The number of fused-ring (bicyclic) bond motifs is 1. The summed E-state index contributed by atoms with van der Waals surface area (Å²) in [6.45, 7) is 1.93. The van der Waals surface area contributed by atoms with Gasteiger partial charge < -0.3 is 15.0 Å². The van der Waals surface area contributed by atoms with Gasteiger partial charge in [0.2, 0.25) is 0 Å². The van der Waals surface area contributed by atoms with Crippen LogP contribution < -0.4 is 16.6 Å². The molecule has 0 spiro atoms. The number of hydrogen-bond acceptors (Lipinski definition) is 5. The molecule has 9 heteroatoms. The van der Waals surface area contributed by atoms with Crippen LogP contribution in [-0.2, 0) is 11.3 Å². The van der Waals surface area contributed by atoms with Crippen molar-refractivity contribution in [2.24, 2.45) is 0 Å². The first-order chi connectivity index (χ1) is 13.3. The summed E-state index contributed by atoms with van der Waals surface area (Å²) in [5, 5.41) is 3.14. The number of benzene rings is 2. The summed E-state index contributed by atoms with van der Waals surface area (Å²) >= 11 is 5.96. The van der Waals surface area contributed by atoms with Crippen LogP contribution in [0.5, 0.6) is 0 Å². The normalized spacial score (nSPS) is 10.7. The van der Waals surface area contributed by atoms with Gasteiger partial charge in [-0.2, -0.15) is 0 Å². The second-order valence-electron chi connectivity index (χ2n) is 5.88. The Morgan fingerprint density at radius 3 is 2.61 bits per heavy atom. The number of rotatable bonds is 4. The number of methoxy groups -OCH3 is 1. The van der Waals surface area contributed by atoms with Crippen LogP contribution >= 0.6 is 11.6 Å². The number of halogens is 1. The molecule has 1 amide bonds. The van der Waals surface area contributed by atoms with E-state index in [1.165, 1.54) is 43.5 Å². The molecule has 0 radical (unpaired) electrons. The van der Waals surface area contributed by atoms with Crippen molar-refractivity contribution < 1.29 is 14.3 Å². The third kappa shape index (κ3) is 3.54. The number of esters is 1. The maximum absolute atomic E-state index is 12.6. The first-order valence-corrected chi connectivity index (χ1v) is 8.69. The number of H-pyrrole nitrogens is 1. The maximum atomic E-state index is 12.6. The zero-order valence-corrected chi connectivity index (χ0v) is 15.8. The number of carbonyl (C=O) groups is 2. The number of carbonyl (C=O) groups excluding carboxylic acids is 2. The quantitative estimate of drug-likeness (QED) is 0.652. The van der Waals surface area contributed by atoms with E-state index in [1.807, 2.05) is 0 Å². The molecular weight excluding hydrogens is 386 g/mol. The summed E-state index contributed by atoms with van der Waals surface area (Å²) in [6.07, 6.45) is 0. The Hall–Kier alpha value is -3.39. The van der Waals surface area contributed by atoms with E-state index in [9.17, 15) is 19.2 Å². The van der Waals surface area contributed by atoms with Gasteiger partial charge in [0.05, 0.1) is 28.6 Å². The molecule has 0 aliphatic rings. The van der Waals surface area contributed by atoms with Crippen molar-refractivity contribution in [3.05, 3.63) is 73.4 Å². The van der Waals surface area contributed by atoms with E-state index in [4.69, 9.17) is 11.6 Å². The van der Waals surface area contributed by atoms with Gasteiger partial charge in [-0.25, -0.2) is 9.59 Å². The van der Waals surface area contributed by atoms with Gasteiger partial charge in [0.25, 0.3) is 11.5 Å². The van der Waals surface area contributed by atoms with Crippen molar-refractivity contribution in [3.63, 3.8) is 0 Å². The van der Waals surface area contributed by atoms with E-state index in [0.29, 0.717) is 11.1 Å². The number of aromatic nitrogens is 2. The van der Waals surface area contributed by atoms with Crippen molar-refractivity contribution in [2.45, 2.75) is 13.5 Å². The minimum Gasteiger partial charge on any atom is -0.465 e. The molecule has 8 nitrogen and oxygen atoms in total. The molecule has 28 heavy (non-hydrogen) atoms. The molecule has 0 aliphatic heterocycles. The summed E-state index contributed by atoms with van der Waals surface area (Å²) in [5.74, 6) is -1.11. The van der Waals surface area contributed by atoms with E-state index in [0.717, 1.165) is 4.57 Å². The molecule has 0 atom stereocenters. The minimum absolute atomic E-state index is 0.116. The lowest BCUT2D eigenvalue weighted by atomic mass is 10.1. The predicted octanol–water partition coefficient (Wildman–Crippen LogP) is 2.40. The lowest BCUT2D eigenvalue weighted by Crippen LogP contribution is -2.34. The fourth-order valence-corrected chi connectivity index (χ4v) is 2.95. The van der Waals surface area contributed by atoms with E-state index >= 15 is 0 Å². The highest BCUT2D eigenvalue weighted by Gasteiger charge is 2.14. The van der Waals surface area contributed by atoms with Gasteiger partial charge in [-0.3, -0.25) is 14.2 Å². The van der Waals surface area contributed by atoms with Gasteiger partial charge in [0, 0.05) is 17.8 Å². The number of nitrogens with one attached hydrogen (secondary N) is 2. The van der Waals surface area contributed by atoms with Crippen molar-refractivity contribution in [1.82, 2.24) is 9.55 Å². The Morgan fingerprint density at radius 1 is 1.18 bits per heavy atom. The largest absolute Gasteiger partial charge is 0.465 e. The molecule has 0 saturated carbocycles. The number of ether oxygens (including phenoxy) is 1. The first kappa shape index (κ1) is 19.4. The molecule has 2 aromatic carbocycles. The number of aromatic amines is 1. The zero-order valence-electron chi connectivity index (χ0n) is 15.0. The van der Waals surface area contributed by atoms with Crippen molar-refractivity contribution in [2.75, 3.05) is 12.4 Å². The summed E-state index contributed by atoms with van der Waals surface area (Å²) in [7, 11) is 1.23. The molecule has 1 aromatic heterocycles. The summed E-state index contributed by atoms with van der Waals surface area (Å²) in [6, 6.07) is 8.79. The zero-order chi connectivity index (χ0) is 20.4. The Morgan fingerprint density at radius 2 is 1.93 bits per heavy atom. The highest BCUT2D eigenvalue weighted by molar-refractivity contribution is 6.33. The predicted molar refractivity (Wildman–Crippen MR) is 105 cm³/mol.